The maximum Gasteiger partial charge on any atom is 0.416 e. The number of anilines is 4. The number of para-hydroxylation sites is 2. The molecule has 5 aromatic carbocycles. The van der Waals surface area contributed by atoms with E-state index in [4.69, 9.17) is 17.3 Å². The summed E-state index contributed by atoms with van der Waals surface area (Å²) < 4.78 is 77.1. The van der Waals surface area contributed by atoms with Crippen LogP contribution in [-0.2, 0) is 23.7 Å². The fraction of sp³-hybridized carbons (Fsp3) is 0.250. The van der Waals surface area contributed by atoms with E-state index in [1.807, 2.05) is 24.3 Å². The summed E-state index contributed by atoms with van der Waals surface area (Å²) in [7, 11) is 0. The molecule has 2 saturated heterocycles. The van der Waals surface area contributed by atoms with E-state index in [9.17, 15) is 40.7 Å². The molecule has 5 aromatic rings. The van der Waals surface area contributed by atoms with Gasteiger partial charge >= 0.3 is 12.4 Å². The molecule has 3 amide bonds. The Morgan fingerprint density at radius 2 is 1.17 bits per heavy atom. The lowest BCUT2D eigenvalue weighted by atomic mass is 9.96. The van der Waals surface area contributed by atoms with Crippen molar-refractivity contribution in [2.24, 2.45) is 5.73 Å². The first kappa shape index (κ1) is 43.5. The van der Waals surface area contributed by atoms with Crippen molar-refractivity contribution in [2.45, 2.75) is 62.7 Å². The molecule has 60 heavy (non-hydrogen) atoms. The molecule has 0 aromatic heterocycles. The fourth-order valence-electron chi connectivity index (χ4n) is 7.44. The van der Waals surface area contributed by atoms with Crippen molar-refractivity contribution in [2.75, 3.05) is 17.2 Å². The summed E-state index contributed by atoms with van der Waals surface area (Å²) in [4.78, 5) is 39.4. The molecular formula is C44H41ClF6N6O3. The Bertz CT molecular complexity index is 2290. The number of carbonyl (C=O) groups is 3. The van der Waals surface area contributed by atoms with Crippen molar-refractivity contribution in [3.8, 4) is 0 Å². The second-order valence-corrected chi connectivity index (χ2v) is 14.9. The minimum atomic E-state index is -4.48. The number of alkyl halides is 6. The normalized spacial score (nSPS) is 17.5. The highest BCUT2D eigenvalue weighted by Crippen LogP contribution is 2.37. The van der Waals surface area contributed by atoms with Crippen LogP contribution in [0, 0.1) is 0 Å². The van der Waals surface area contributed by atoms with E-state index >= 15 is 0 Å². The Morgan fingerprint density at radius 3 is 1.68 bits per heavy atom. The van der Waals surface area contributed by atoms with Gasteiger partial charge in [-0.05, 0) is 104 Å². The van der Waals surface area contributed by atoms with Crippen molar-refractivity contribution >= 4 is 52.1 Å². The largest absolute Gasteiger partial charge is 0.416 e. The van der Waals surface area contributed by atoms with E-state index in [-0.39, 0.29) is 41.0 Å². The quantitative estimate of drug-likeness (QED) is 0.0843. The van der Waals surface area contributed by atoms with Crippen LogP contribution < -0.4 is 27.0 Å². The SMILES string of the molecule is NC(=O)c1ccccc1Nc1cccc(C(F)(F)F)c1.O=C(CNC(=O)c1ccccc1Nc1cccc(C(F)(F)F)c1)NC1CC2CCC(C1)N2Cc1ccc(Cl)cc1. The monoisotopic (exact) mass is 850 g/mol. The molecule has 0 radical (unpaired) electrons. The van der Waals surface area contributed by atoms with Gasteiger partial charge in [-0.3, -0.25) is 19.3 Å². The van der Waals surface area contributed by atoms with Crippen LogP contribution in [0.15, 0.2) is 121 Å². The average Bonchev–Trinajstić information content (AvgIpc) is 3.43. The van der Waals surface area contributed by atoms with Crippen LogP contribution in [0.3, 0.4) is 0 Å². The summed E-state index contributed by atoms with van der Waals surface area (Å²) in [6.07, 6.45) is -5.00. The molecule has 314 valence electrons. The third kappa shape index (κ3) is 11.6. The zero-order valence-electron chi connectivity index (χ0n) is 31.9. The number of hydrogen-bond donors (Lipinski definition) is 5. The zero-order valence-corrected chi connectivity index (χ0v) is 32.7. The number of primary amides is 1. The van der Waals surface area contributed by atoms with Gasteiger partial charge in [-0.1, -0.05) is 60.1 Å². The number of benzene rings is 5. The van der Waals surface area contributed by atoms with Crippen molar-refractivity contribution in [1.29, 1.82) is 0 Å². The van der Waals surface area contributed by atoms with Crippen LogP contribution >= 0.6 is 11.6 Å². The molecule has 7 rings (SSSR count). The summed E-state index contributed by atoms with van der Waals surface area (Å²) in [6.45, 7) is 0.661. The Hall–Kier alpha value is -6.06. The number of fused-ring (bicyclic) bond motifs is 2. The van der Waals surface area contributed by atoms with Crippen molar-refractivity contribution in [3.63, 3.8) is 0 Å². The summed E-state index contributed by atoms with van der Waals surface area (Å²) in [5.74, 6) is -1.42. The lowest BCUT2D eigenvalue weighted by Crippen LogP contribution is -2.51. The van der Waals surface area contributed by atoms with Crippen LogP contribution in [0.5, 0.6) is 0 Å². The van der Waals surface area contributed by atoms with E-state index in [0.29, 0.717) is 23.5 Å². The van der Waals surface area contributed by atoms with E-state index < -0.39 is 35.3 Å². The molecule has 0 saturated carbocycles. The second-order valence-electron chi connectivity index (χ2n) is 14.5. The van der Waals surface area contributed by atoms with Gasteiger partial charge in [0.15, 0.2) is 0 Å². The highest BCUT2D eigenvalue weighted by Gasteiger charge is 2.41. The smallest absolute Gasteiger partial charge is 0.366 e. The number of nitrogens with two attached hydrogens (primary N) is 1. The lowest BCUT2D eigenvalue weighted by Gasteiger charge is -2.39. The molecule has 9 nitrogen and oxygen atoms in total. The maximum absolute atomic E-state index is 13.1. The predicted molar refractivity (Wildman–Crippen MR) is 218 cm³/mol. The van der Waals surface area contributed by atoms with Gasteiger partial charge in [0.2, 0.25) is 5.91 Å². The Morgan fingerprint density at radius 1 is 0.667 bits per heavy atom. The Kier molecular flexibility index (Phi) is 13.7. The number of amides is 3. The molecule has 2 unspecified atom stereocenters. The van der Waals surface area contributed by atoms with Gasteiger partial charge in [-0.25, -0.2) is 0 Å². The summed E-state index contributed by atoms with van der Waals surface area (Å²) in [5, 5.41) is 12.1. The van der Waals surface area contributed by atoms with E-state index in [1.165, 1.54) is 35.9 Å². The maximum atomic E-state index is 13.1. The predicted octanol–water partition coefficient (Wildman–Crippen LogP) is 9.69. The average molecular weight is 851 g/mol. The van der Waals surface area contributed by atoms with E-state index in [1.54, 1.807) is 42.5 Å². The van der Waals surface area contributed by atoms with Crippen LogP contribution in [0.2, 0.25) is 5.02 Å². The van der Waals surface area contributed by atoms with Crippen LogP contribution in [0.25, 0.3) is 0 Å². The van der Waals surface area contributed by atoms with Gasteiger partial charge in [0.25, 0.3) is 11.8 Å². The number of rotatable bonds is 11. The van der Waals surface area contributed by atoms with Gasteiger partial charge in [-0.2, -0.15) is 26.3 Å². The topological polar surface area (TPSA) is 129 Å². The Labute approximate surface area is 347 Å². The third-order valence-electron chi connectivity index (χ3n) is 10.2. The molecule has 0 spiro atoms. The molecule has 2 heterocycles. The minimum absolute atomic E-state index is 0.0400. The standard InChI is InChI=1S/C30H30ClF3N4O2.C14H11F3N2O/c31-21-10-8-19(9-11-21)18-38-24-12-13-25(38)16-23(15-24)37-28(39)17-35-29(40)26-6-1-2-7-27(26)36-22-5-3-4-20(14-22)30(32,33)34;15-14(16,17)9-4-3-5-10(8-9)19-12-7-2-1-6-11(12)13(18)20/h1-11,14,23-25,36H,12-13,15-18H2,(H,35,40)(H,37,39);1-8,19H,(H2,18,20). The second kappa shape index (κ2) is 18.9. The highest BCUT2D eigenvalue weighted by molar-refractivity contribution is 6.30. The third-order valence-corrected chi connectivity index (χ3v) is 10.5. The Balaban J connectivity index is 0.000000253. The number of nitrogens with zero attached hydrogens (tertiary/aromatic N) is 1. The van der Waals surface area contributed by atoms with Gasteiger partial charge in [0.1, 0.15) is 0 Å². The molecule has 2 fully saturated rings. The summed E-state index contributed by atoms with van der Waals surface area (Å²) in [6, 6.07) is 31.0. The number of nitrogens with one attached hydrogen (secondary N) is 4. The molecular weight excluding hydrogens is 810 g/mol. The van der Waals surface area contributed by atoms with Gasteiger partial charge < -0.3 is 27.0 Å². The minimum Gasteiger partial charge on any atom is -0.366 e. The van der Waals surface area contributed by atoms with E-state index in [0.717, 1.165) is 61.5 Å². The first-order chi connectivity index (χ1) is 28.5. The van der Waals surface area contributed by atoms with Gasteiger partial charge in [0, 0.05) is 41.1 Å². The molecule has 2 aliphatic rings. The molecule has 2 aliphatic heterocycles. The number of carbonyl (C=O) groups excluding carboxylic acids is 3. The molecule has 16 heteroatoms. The van der Waals surface area contributed by atoms with Crippen molar-refractivity contribution in [3.05, 3.63) is 154 Å². The summed E-state index contributed by atoms with van der Waals surface area (Å²) >= 11 is 6.01. The highest BCUT2D eigenvalue weighted by atomic mass is 35.5. The molecule has 0 aliphatic carbocycles. The number of halogens is 7. The van der Waals surface area contributed by atoms with E-state index in [2.05, 4.69) is 26.2 Å². The fourth-order valence-corrected chi connectivity index (χ4v) is 7.57. The first-order valence-electron chi connectivity index (χ1n) is 19.0. The first-order valence-corrected chi connectivity index (χ1v) is 19.4. The molecule has 2 bridgehead atoms. The molecule has 2 atom stereocenters. The van der Waals surface area contributed by atoms with Crippen molar-refractivity contribution < 1.29 is 40.7 Å². The van der Waals surface area contributed by atoms with Gasteiger partial charge in [0.05, 0.1) is 40.2 Å². The zero-order chi connectivity index (χ0) is 43.0. The lowest BCUT2D eigenvalue weighted by molar-refractivity contribution is -0.138. The number of hydrogen-bond acceptors (Lipinski definition) is 6. The number of piperidine rings is 1. The molecule has 6 N–H and O–H groups in total. The summed E-state index contributed by atoms with van der Waals surface area (Å²) in [5.41, 5.74) is 6.43. The van der Waals surface area contributed by atoms with Crippen LogP contribution in [0.1, 0.15) is 63.1 Å². The van der Waals surface area contributed by atoms with Crippen LogP contribution in [0.4, 0.5) is 49.1 Å². The van der Waals surface area contributed by atoms with Crippen LogP contribution in [-0.4, -0.2) is 47.3 Å². The van der Waals surface area contributed by atoms with Gasteiger partial charge in [-0.15, -0.1) is 0 Å². The van der Waals surface area contributed by atoms with Crippen molar-refractivity contribution in [1.82, 2.24) is 15.5 Å².